The third kappa shape index (κ3) is 4.40. The van der Waals surface area contributed by atoms with E-state index in [1.165, 1.54) is 11.3 Å². The Morgan fingerprint density at radius 2 is 1.87 bits per heavy atom. The van der Waals surface area contributed by atoms with Crippen LogP contribution in [0.15, 0.2) is 59.1 Å². The van der Waals surface area contributed by atoms with Gasteiger partial charge in [0.2, 0.25) is 5.91 Å². The highest BCUT2D eigenvalue weighted by Gasteiger charge is 2.20. The van der Waals surface area contributed by atoms with Crippen LogP contribution in [0, 0.1) is 13.8 Å². The fraction of sp³-hybridized carbons (Fsp3) is 0.217. The zero-order valence-electron chi connectivity index (χ0n) is 17.9. The molecule has 0 spiro atoms. The molecule has 2 heterocycles. The smallest absolute Gasteiger partial charge is 0.230 e. The van der Waals surface area contributed by atoms with E-state index in [0.717, 1.165) is 39.1 Å². The van der Waals surface area contributed by atoms with Gasteiger partial charge in [-0.1, -0.05) is 54.2 Å². The Kier molecular flexibility index (Phi) is 6.20. The molecular weight excluding hydrogens is 426 g/mol. The number of thioether (sulfide) groups is 1. The van der Waals surface area contributed by atoms with Crippen molar-refractivity contribution in [2.45, 2.75) is 31.7 Å². The van der Waals surface area contributed by atoms with Gasteiger partial charge in [0.25, 0.3) is 0 Å². The van der Waals surface area contributed by atoms with E-state index in [1.54, 1.807) is 23.6 Å². The number of carbonyl (C=O) groups is 1. The molecule has 0 aliphatic rings. The summed E-state index contributed by atoms with van der Waals surface area (Å²) in [5, 5.41) is 12.2. The normalized spacial score (nSPS) is 11.0. The van der Waals surface area contributed by atoms with Gasteiger partial charge in [-0.25, -0.2) is 4.98 Å². The van der Waals surface area contributed by atoms with Crippen LogP contribution in [0.25, 0.3) is 11.4 Å². The van der Waals surface area contributed by atoms with Crippen LogP contribution in [0.2, 0.25) is 0 Å². The van der Waals surface area contributed by atoms with Crippen LogP contribution < -0.4 is 4.90 Å². The highest BCUT2D eigenvalue weighted by Crippen LogP contribution is 2.34. The monoisotopic (exact) mass is 449 g/mol. The average Bonchev–Trinajstić information content (AvgIpc) is 3.37. The van der Waals surface area contributed by atoms with Crippen molar-refractivity contribution in [3.8, 4) is 11.4 Å². The summed E-state index contributed by atoms with van der Waals surface area (Å²) in [6.45, 7) is 5.65. The molecule has 0 N–H and O–H groups in total. The van der Waals surface area contributed by atoms with Crippen molar-refractivity contribution in [1.29, 1.82) is 0 Å². The second-order valence-corrected chi connectivity index (χ2v) is 8.99. The quantitative estimate of drug-likeness (QED) is 0.362. The average molecular weight is 450 g/mol. The van der Waals surface area contributed by atoms with E-state index < -0.39 is 0 Å². The summed E-state index contributed by atoms with van der Waals surface area (Å²) in [4.78, 5) is 18.9. The molecule has 6 nitrogen and oxygen atoms in total. The van der Waals surface area contributed by atoms with Crippen LogP contribution in [0.1, 0.15) is 23.7 Å². The Morgan fingerprint density at radius 3 is 2.61 bits per heavy atom. The number of anilines is 2. The van der Waals surface area contributed by atoms with Crippen molar-refractivity contribution in [3.05, 3.63) is 70.7 Å². The van der Waals surface area contributed by atoms with Crippen molar-refractivity contribution >= 4 is 39.8 Å². The molecule has 2 aromatic carbocycles. The summed E-state index contributed by atoms with van der Waals surface area (Å²) >= 11 is 3.06. The van der Waals surface area contributed by atoms with Crippen LogP contribution in [0.4, 0.5) is 10.8 Å². The molecule has 0 aliphatic heterocycles. The van der Waals surface area contributed by atoms with Crippen molar-refractivity contribution in [2.24, 2.45) is 7.05 Å². The van der Waals surface area contributed by atoms with Crippen LogP contribution in [-0.4, -0.2) is 25.7 Å². The minimum absolute atomic E-state index is 0.0527. The predicted octanol–water partition coefficient (Wildman–Crippen LogP) is 5.53. The van der Waals surface area contributed by atoms with E-state index in [1.807, 2.05) is 79.4 Å². The van der Waals surface area contributed by atoms with Crippen molar-refractivity contribution in [3.63, 3.8) is 0 Å². The lowest BCUT2D eigenvalue weighted by atomic mass is 10.1. The second kappa shape index (κ2) is 9.03. The summed E-state index contributed by atoms with van der Waals surface area (Å²) in [5.74, 6) is 1.43. The van der Waals surface area contributed by atoms with Gasteiger partial charge >= 0.3 is 0 Å². The zero-order chi connectivity index (χ0) is 22.0. The van der Waals surface area contributed by atoms with Crippen molar-refractivity contribution in [1.82, 2.24) is 19.7 Å². The summed E-state index contributed by atoms with van der Waals surface area (Å²) < 4.78 is 1.99. The number of rotatable bonds is 6. The number of thiazole rings is 1. The SMILES string of the molecule is CC(=O)N(c1nc(CSc2nnc(-c3ccccc3)n2C)cs1)c1cccc(C)c1C. The molecule has 4 rings (SSSR count). The fourth-order valence-corrected chi connectivity index (χ4v) is 5.06. The zero-order valence-corrected chi connectivity index (χ0v) is 19.5. The van der Waals surface area contributed by atoms with Gasteiger partial charge in [0.1, 0.15) is 0 Å². The number of aromatic nitrogens is 4. The number of carbonyl (C=O) groups excluding carboxylic acids is 1. The van der Waals surface area contributed by atoms with Gasteiger partial charge in [-0.05, 0) is 31.0 Å². The predicted molar refractivity (Wildman–Crippen MR) is 127 cm³/mol. The first-order chi connectivity index (χ1) is 15.0. The van der Waals surface area contributed by atoms with Gasteiger partial charge in [-0.15, -0.1) is 21.5 Å². The third-order valence-corrected chi connectivity index (χ3v) is 7.01. The maximum absolute atomic E-state index is 12.4. The summed E-state index contributed by atoms with van der Waals surface area (Å²) in [6.07, 6.45) is 0. The summed E-state index contributed by atoms with van der Waals surface area (Å²) in [7, 11) is 1.97. The largest absolute Gasteiger partial charge is 0.305 e. The van der Waals surface area contributed by atoms with Crippen LogP contribution in [0.5, 0.6) is 0 Å². The fourth-order valence-electron chi connectivity index (χ4n) is 3.27. The molecule has 0 aliphatic carbocycles. The molecule has 0 fully saturated rings. The molecule has 0 saturated carbocycles. The molecule has 2 aromatic heterocycles. The first-order valence-electron chi connectivity index (χ1n) is 9.84. The van der Waals surface area contributed by atoms with Gasteiger partial charge < -0.3 is 4.57 Å². The summed E-state index contributed by atoms with van der Waals surface area (Å²) in [6, 6.07) is 16.0. The van der Waals surface area contributed by atoms with Gasteiger partial charge in [0.05, 0.1) is 11.4 Å². The standard InChI is InChI=1S/C23H23N5OS2/c1-15-9-8-12-20(16(15)2)28(17(3)29)22-24-19(13-30-22)14-31-23-26-25-21(27(23)4)18-10-6-5-7-11-18/h5-13H,14H2,1-4H3. The van der Waals surface area contributed by atoms with Gasteiger partial charge in [-0.3, -0.25) is 9.69 Å². The van der Waals surface area contributed by atoms with E-state index >= 15 is 0 Å². The van der Waals surface area contributed by atoms with Gasteiger partial charge in [-0.2, -0.15) is 0 Å². The van der Waals surface area contributed by atoms with E-state index in [-0.39, 0.29) is 5.91 Å². The summed E-state index contributed by atoms with van der Waals surface area (Å²) in [5.41, 5.74) is 5.04. The molecule has 4 aromatic rings. The molecule has 8 heteroatoms. The van der Waals surface area contributed by atoms with Crippen LogP contribution in [0.3, 0.4) is 0 Å². The Labute approximate surface area is 190 Å². The molecule has 0 radical (unpaired) electrons. The third-order valence-electron chi connectivity index (χ3n) is 5.08. The topological polar surface area (TPSA) is 63.9 Å². The number of nitrogens with zero attached hydrogens (tertiary/aromatic N) is 5. The van der Waals surface area contributed by atoms with Crippen molar-refractivity contribution < 1.29 is 4.79 Å². The molecule has 31 heavy (non-hydrogen) atoms. The van der Waals surface area contributed by atoms with Gasteiger partial charge in [0.15, 0.2) is 16.1 Å². The molecule has 0 bridgehead atoms. The molecular formula is C23H23N5OS2. The first-order valence-corrected chi connectivity index (χ1v) is 11.7. The molecule has 0 saturated heterocycles. The van der Waals surface area contributed by atoms with Crippen LogP contribution in [-0.2, 0) is 17.6 Å². The van der Waals surface area contributed by atoms with Gasteiger partial charge in [0, 0.05) is 30.7 Å². The minimum atomic E-state index is -0.0527. The number of aryl methyl sites for hydroxylation is 1. The number of hydrogen-bond acceptors (Lipinski definition) is 6. The first kappa shape index (κ1) is 21.3. The van der Waals surface area contributed by atoms with Crippen molar-refractivity contribution in [2.75, 3.05) is 4.90 Å². The van der Waals surface area contributed by atoms with Crippen LogP contribution >= 0.6 is 23.1 Å². The molecule has 1 amide bonds. The Morgan fingerprint density at radius 1 is 1.10 bits per heavy atom. The van der Waals surface area contributed by atoms with E-state index in [9.17, 15) is 4.79 Å². The lowest BCUT2D eigenvalue weighted by Gasteiger charge is -2.21. The minimum Gasteiger partial charge on any atom is -0.305 e. The maximum Gasteiger partial charge on any atom is 0.230 e. The lowest BCUT2D eigenvalue weighted by Crippen LogP contribution is -2.23. The Hall–Kier alpha value is -2.97. The molecule has 158 valence electrons. The molecule has 0 unspecified atom stereocenters. The van der Waals surface area contributed by atoms with E-state index in [2.05, 4.69) is 10.2 Å². The molecule has 0 atom stereocenters. The highest BCUT2D eigenvalue weighted by molar-refractivity contribution is 7.98. The maximum atomic E-state index is 12.4. The Bertz CT molecular complexity index is 1220. The number of hydrogen-bond donors (Lipinski definition) is 0. The number of amides is 1. The second-order valence-electron chi connectivity index (χ2n) is 7.21. The highest BCUT2D eigenvalue weighted by atomic mass is 32.2. The van der Waals surface area contributed by atoms with E-state index in [4.69, 9.17) is 4.98 Å². The lowest BCUT2D eigenvalue weighted by molar-refractivity contribution is -0.115. The Balaban J connectivity index is 1.52. The van der Waals surface area contributed by atoms with E-state index in [0.29, 0.717) is 10.9 Å². The number of benzene rings is 2.